The van der Waals surface area contributed by atoms with E-state index in [1.807, 2.05) is 0 Å². The van der Waals surface area contributed by atoms with E-state index in [0.29, 0.717) is 6.92 Å². The van der Waals surface area contributed by atoms with Gasteiger partial charge in [0.05, 0.1) is 0 Å². The van der Waals surface area contributed by atoms with Gasteiger partial charge in [0, 0.05) is 11.1 Å². The third kappa shape index (κ3) is 5.07. The van der Waals surface area contributed by atoms with Gasteiger partial charge < -0.3 is 15.3 Å². The van der Waals surface area contributed by atoms with Crippen molar-refractivity contribution >= 4 is 0 Å². The van der Waals surface area contributed by atoms with Crippen LogP contribution in [0.3, 0.4) is 0 Å². The third-order valence-electron chi connectivity index (χ3n) is 5.82. The van der Waals surface area contributed by atoms with Crippen molar-refractivity contribution < 1.29 is 81.2 Å². The molecule has 1 aromatic rings. The van der Waals surface area contributed by atoms with Gasteiger partial charge in [0.25, 0.3) is 11.2 Å². The maximum Gasteiger partial charge on any atom is 0.430 e. The average molecular weight is 578 g/mol. The number of aliphatic hydroxyl groups is 3. The van der Waals surface area contributed by atoms with Crippen LogP contribution < -0.4 is 0 Å². The Morgan fingerprint density at radius 2 is 0.865 bits per heavy atom. The Bertz CT molecular complexity index is 894. The zero-order valence-corrected chi connectivity index (χ0v) is 18.5. The molecule has 1 rings (SSSR count). The summed E-state index contributed by atoms with van der Waals surface area (Å²) in [6, 6.07) is -1.68. The molecule has 3 N–H and O–H groups in total. The van der Waals surface area contributed by atoms with Crippen LogP contribution in [0.1, 0.15) is 55.4 Å². The molecule has 0 aliphatic heterocycles. The Labute approximate surface area is 197 Å². The van der Waals surface area contributed by atoms with E-state index >= 15 is 0 Å². The standard InChI is InChI=1S/C19H17F15O3/c1-4-7(2)11-9(13(36,16(23,24)25)17(26,27)28)5-8(12(3,35)15(20,21)22)6-10(11)14(37,18(29,30)31)19(32,33)34/h5-7,35-37H,4H2,1-3H3. The number of benzene rings is 1. The minimum atomic E-state index is -6.98. The van der Waals surface area contributed by atoms with Crippen molar-refractivity contribution in [1.29, 1.82) is 0 Å². The van der Waals surface area contributed by atoms with Gasteiger partial charge in [0.2, 0.25) is 0 Å². The molecule has 1 aromatic carbocycles. The molecule has 0 aliphatic rings. The maximum atomic E-state index is 13.6. The molecule has 0 heterocycles. The zero-order valence-electron chi connectivity index (χ0n) is 18.5. The number of hydrogen-bond donors (Lipinski definition) is 3. The molecule has 0 saturated heterocycles. The van der Waals surface area contributed by atoms with Gasteiger partial charge in [-0.05, 0) is 42.5 Å². The van der Waals surface area contributed by atoms with Crippen LogP contribution in [-0.2, 0) is 16.8 Å². The van der Waals surface area contributed by atoms with E-state index in [1.165, 1.54) is 0 Å². The molecule has 0 spiro atoms. The summed E-state index contributed by atoms with van der Waals surface area (Å²) in [6.45, 7) is 0.974. The predicted octanol–water partition coefficient (Wildman–Crippen LogP) is 6.59. The first kappa shape index (κ1) is 33.1. The predicted molar refractivity (Wildman–Crippen MR) is 92.8 cm³/mol. The normalized spacial score (nSPS) is 17.5. The second-order valence-corrected chi connectivity index (χ2v) is 8.28. The van der Waals surface area contributed by atoms with E-state index in [-0.39, 0.29) is 6.92 Å². The summed E-state index contributed by atoms with van der Waals surface area (Å²) in [5, 5.41) is 29.4. The molecule has 0 aliphatic carbocycles. The Kier molecular flexibility index (Phi) is 8.11. The lowest BCUT2D eigenvalue weighted by atomic mass is 9.73. The van der Waals surface area contributed by atoms with Crippen molar-refractivity contribution in [3.63, 3.8) is 0 Å². The largest absolute Gasteiger partial charge is 0.430 e. The second-order valence-electron chi connectivity index (χ2n) is 8.28. The van der Waals surface area contributed by atoms with Gasteiger partial charge in [0.1, 0.15) is 0 Å². The van der Waals surface area contributed by atoms with Crippen LogP contribution in [0, 0.1) is 0 Å². The van der Waals surface area contributed by atoms with Gasteiger partial charge in [-0.15, -0.1) is 0 Å². The molecule has 0 bridgehead atoms. The number of alkyl halides is 15. The number of rotatable bonds is 5. The first-order valence-corrected chi connectivity index (χ1v) is 9.64. The zero-order chi connectivity index (χ0) is 30.0. The third-order valence-corrected chi connectivity index (χ3v) is 5.82. The van der Waals surface area contributed by atoms with Gasteiger partial charge in [-0.1, -0.05) is 13.8 Å². The molecule has 0 fully saturated rings. The summed E-state index contributed by atoms with van der Waals surface area (Å²) in [7, 11) is 0. The minimum absolute atomic E-state index is 0.390. The monoisotopic (exact) mass is 578 g/mol. The van der Waals surface area contributed by atoms with E-state index in [9.17, 15) is 81.2 Å². The first-order valence-electron chi connectivity index (χ1n) is 9.64. The van der Waals surface area contributed by atoms with Crippen molar-refractivity contribution in [1.82, 2.24) is 0 Å². The van der Waals surface area contributed by atoms with Crippen LogP contribution in [0.5, 0.6) is 0 Å². The quantitative estimate of drug-likeness (QED) is 0.346. The van der Waals surface area contributed by atoms with Gasteiger partial charge >= 0.3 is 30.9 Å². The summed E-state index contributed by atoms with van der Waals surface area (Å²) >= 11 is 0. The Morgan fingerprint density at radius 3 is 1.05 bits per heavy atom. The van der Waals surface area contributed by atoms with Crippen molar-refractivity contribution in [2.45, 2.75) is 80.8 Å². The molecule has 0 aromatic heterocycles. The average Bonchev–Trinajstić information content (AvgIpc) is 2.66. The highest BCUT2D eigenvalue weighted by molar-refractivity contribution is 5.51. The van der Waals surface area contributed by atoms with Crippen LogP contribution in [0.2, 0.25) is 0 Å². The summed E-state index contributed by atoms with van der Waals surface area (Å²) in [5.74, 6) is -2.19. The highest BCUT2D eigenvalue weighted by Crippen LogP contribution is 2.58. The summed E-state index contributed by atoms with van der Waals surface area (Å²) in [4.78, 5) is 0. The SMILES string of the molecule is CCC(C)c1c(C(O)(C(F)(F)F)C(F)(F)F)cc(C(C)(O)C(F)(F)F)cc1C(O)(C(F)(F)F)C(F)(F)F. The van der Waals surface area contributed by atoms with Crippen molar-refractivity contribution in [2.24, 2.45) is 0 Å². The van der Waals surface area contributed by atoms with Crippen LogP contribution >= 0.6 is 0 Å². The van der Waals surface area contributed by atoms with Crippen LogP contribution in [0.25, 0.3) is 0 Å². The smallest absolute Gasteiger partial charge is 0.376 e. The highest BCUT2D eigenvalue weighted by Gasteiger charge is 2.75. The van der Waals surface area contributed by atoms with Gasteiger partial charge in [-0.2, -0.15) is 65.9 Å². The fourth-order valence-electron chi connectivity index (χ4n) is 3.36. The first-order chi connectivity index (χ1) is 15.9. The van der Waals surface area contributed by atoms with Crippen LogP contribution in [-0.4, -0.2) is 46.2 Å². The Balaban J connectivity index is 4.77. The fourth-order valence-corrected chi connectivity index (χ4v) is 3.36. The molecule has 2 unspecified atom stereocenters. The van der Waals surface area contributed by atoms with Gasteiger partial charge in [0.15, 0.2) is 5.60 Å². The molecular formula is C19H17F15O3. The number of hydrogen-bond acceptors (Lipinski definition) is 3. The van der Waals surface area contributed by atoms with E-state index in [1.54, 1.807) is 0 Å². The summed E-state index contributed by atoms with van der Waals surface area (Å²) in [6.07, 6.45) is -34.9. The fraction of sp³-hybridized carbons (Fsp3) is 0.684. The van der Waals surface area contributed by atoms with Gasteiger partial charge in [-0.25, -0.2) is 0 Å². The highest BCUT2D eigenvalue weighted by atomic mass is 19.4. The molecular weight excluding hydrogens is 561 g/mol. The summed E-state index contributed by atoms with van der Waals surface area (Å²) < 4.78 is 204. The molecule has 0 saturated carbocycles. The lowest BCUT2D eigenvalue weighted by Gasteiger charge is -2.41. The van der Waals surface area contributed by atoms with Crippen molar-refractivity contribution in [3.05, 3.63) is 34.4 Å². The molecule has 2 atom stereocenters. The van der Waals surface area contributed by atoms with Crippen molar-refractivity contribution in [3.8, 4) is 0 Å². The van der Waals surface area contributed by atoms with E-state index < -0.39 is 94.4 Å². The molecule has 0 radical (unpaired) electrons. The molecule has 3 nitrogen and oxygen atoms in total. The van der Waals surface area contributed by atoms with Crippen molar-refractivity contribution in [2.75, 3.05) is 0 Å². The molecule has 37 heavy (non-hydrogen) atoms. The summed E-state index contributed by atoms with van der Waals surface area (Å²) in [5.41, 5.74) is -27.8. The van der Waals surface area contributed by atoms with E-state index in [0.717, 1.165) is 6.92 Å². The molecule has 18 heteroatoms. The van der Waals surface area contributed by atoms with Crippen LogP contribution in [0.4, 0.5) is 65.9 Å². The van der Waals surface area contributed by atoms with E-state index in [2.05, 4.69) is 0 Å². The molecule has 216 valence electrons. The Morgan fingerprint density at radius 1 is 0.595 bits per heavy atom. The minimum Gasteiger partial charge on any atom is -0.376 e. The molecule has 0 amide bonds. The van der Waals surface area contributed by atoms with Crippen LogP contribution in [0.15, 0.2) is 12.1 Å². The topological polar surface area (TPSA) is 60.7 Å². The van der Waals surface area contributed by atoms with E-state index in [4.69, 9.17) is 0 Å². The lowest BCUT2D eigenvalue weighted by molar-refractivity contribution is -0.378. The van der Waals surface area contributed by atoms with Gasteiger partial charge in [-0.3, -0.25) is 0 Å². The second kappa shape index (κ2) is 9.07. The lowest BCUT2D eigenvalue weighted by Crippen LogP contribution is -2.57. The number of halogens is 15. The maximum absolute atomic E-state index is 13.6. The Hall–Kier alpha value is -1.95.